The van der Waals surface area contributed by atoms with E-state index >= 15 is 0 Å². The first kappa shape index (κ1) is 20.4. The number of halogens is 1. The summed E-state index contributed by atoms with van der Waals surface area (Å²) in [6.07, 6.45) is 4.93. The second-order valence-electron chi connectivity index (χ2n) is 6.74. The van der Waals surface area contributed by atoms with Crippen LogP contribution in [0, 0.1) is 17.2 Å². The minimum absolute atomic E-state index is 0.0332. The summed E-state index contributed by atoms with van der Waals surface area (Å²) in [7, 11) is 0. The average Bonchev–Trinajstić information content (AvgIpc) is 2.74. The Kier molecular flexibility index (Phi) is 6.52. The summed E-state index contributed by atoms with van der Waals surface area (Å²) in [5.41, 5.74) is 5.32. The number of aromatic nitrogens is 3. The van der Waals surface area contributed by atoms with E-state index in [1.807, 2.05) is 50.2 Å². The highest BCUT2D eigenvalue weighted by atomic mass is 79.9. The lowest BCUT2D eigenvalue weighted by Crippen LogP contribution is -2.45. The second-order valence-corrected chi connectivity index (χ2v) is 7.59. The Morgan fingerprint density at radius 1 is 1.24 bits per heavy atom. The van der Waals surface area contributed by atoms with Crippen molar-refractivity contribution < 1.29 is 4.79 Å². The van der Waals surface area contributed by atoms with Gasteiger partial charge in [-0.2, -0.15) is 10.2 Å². The molecule has 7 nitrogen and oxygen atoms in total. The van der Waals surface area contributed by atoms with Gasteiger partial charge in [-0.3, -0.25) is 20.2 Å². The van der Waals surface area contributed by atoms with Crippen LogP contribution in [0.1, 0.15) is 30.0 Å². The van der Waals surface area contributed by atoms with Gasteiger partial charge in [0.25, 0.3) is 5.91 Å². The summed E-state index contributed by atoms with van der Waals surface area (Å²) in [6.45, 7) is 4.57. The predicted octanol–water partition coefficient (Wildman–Crippen LogP) is 3.98. The first-order valence-electron chi connectivity index (χ1n) is 8.99. The van der Waals surface area contributed by atoms with Crippen LogP contribution in [0.25, 0.3) is 11.1 Å². The number of carbonyl (C=O) groups excluding carboxylic acids is 1. The maximum Gasteiger partial charge on any atom is 0.269 e. The Hall–Kier alpha value is -3.31. The maximum atomic E-state index is 13.0. The van der Waals surface area contributed by atoms with E-state index in [2.05, 4.69) is 36.3 Å². The van der Waals surface area contributed by atoms with Gasteiger partial charge in [0.15, 0.2) is 5.82 Å². The molecule has 0 unspecified atom stereocenters. The van der Waals surface area contributed by atoms with Crippen molar-refractivity contribution in [2.75, 3.05) is 11.6 Å². The van der Waals surface area contributed by atoms with Crippen LogP contribution >= 0.6 is 15.9 Å². The number of hydrogen-bond acceptors (Lipinski definition) is 6. The monoisotopic (exact) mass is 450 g/mol. The smallest absolute Gasteiger partial charge is 0.267 e. The number of nitrogens with one attached hydrogen (secondary N) is 1. The van der Waals surface area contributed by atoms with Gasteiger partial charge in [-0.15, -0.1) is 0 Å². The van der Waals surface area contributed by atoms with E-state index in [1.165, 1.54) is 6.20 Å². The first-order chi connectivity index (χ1) is 14.0. The number of benzene rings is 1. The molecule has 0 spiro atoms. The van der Waals surface area contributed by atoms with Crippen LogP contribution < -0.4 is 10.4 Å². The summed E-state index contributed by atoms with van der Waals surface area (Å²) < 4.78 is 0.586. The number of hydrazine groups is 1. The molecule has 0 aliphatic carbocycles. The van der Waals surface area contributed by atoms with E-state index in [-0.39, 0.29) is 17.6 Å². The molecule has 1 amide bonds. The largest absolute Gasteiger partial charge is 0.269 e. The molecule has 0 radical (unpaired) electrons. The highest BCUT2D eigenvalue weighted by Gasteiger charge is 2.18. The predicted molar refractivity (Wildman–Crippen MR) is 114 cm³/mol. The van der Waals surface area contributed by atoms with E-state index in [0.717, 1.165) is 11.1 Å². The van der Waals surface area contributed by atoms with E-state index in [4.69, 9.17) is 5.26 Å². The van der Waals surface area contributed by atoms with Crippen molar-refractivity contribution in [1.82, 2.24) is 20.4 Å². The number of rotatable bonds is 6. The van der Waals surface area contributed by atoms with Gasteiger partial charge in [-0.1, -0.05) is 26.0 Å². The molecular formula is C21H19BrN6O. The summed E-state index contributed by atoms with van der Waals surface area (Å²) in [5.74, 6) is 0.436. The number of anilines is 1. The van der Waals surface area contributed by atoms with Crippen LogP contribution in [0.2, 0.25) is 0 Å². The van der Waals surface area contributed by atoms with Crippen molar-refractivity contribution in [2.45, 2.75) is 13.8 Å². The Morgan fingerprint density at radius 2 is 2.00 bits per heavy atom. The third kappa shape index (κ3) is 5.15. The number of pyridine rings is 1. The molecule has 0 aliphatic heterocycles. The van der Waals surface area contributed by atoms with Gasteiger partial charge in [-0.25, -0.2) is 4.98 Å². The van der Waals surface area contributed by atoms with Crippen molar-refractivity contribution in [3.8, 4) is 17.2 Å². The van der Waals surface area contributed by atoms with Crippen molar-refractivity contribution >= 4 is 27.7 Å². The number of amides is 1. The SMILES string of the molecule is CC(C)CN(NC(=O)c1cccc(-c2ccncc2)c1)c1nc(C#N)ncc1Br. The number of nitrogens with zero attached hydrogens (tertiary/aromatic N) is 5. The number of hydrogen-bond donors (Lipinski definition) is 1. The van der Waals surface area contributed by atoms with Crippen LogP contribution in [0.3, 0.4) is 0 Å². The van der Waals surface area contributed by atoms with E-state index in [9.17, 15) is 4.79 Å². The summed E-state index contributed by atoms with van der Waals surface area (Å²) in [6, 6.07) is 13.1. The molecule has 8 heteroatoms. The number of carbonyl (C=O) groups is 1. The summed E-state index contributed by atoms with van der Waals surface area (Å²) in [4.78, 5) is 25.2. The standard InChI is InChI=1S/C21H19BrN6O/c1-14(2)13-28(20-18(22)12-25-19(11-23)26-20)27-21(29)17-5-3-4-16(10-17)15-6-8-24-9-7-15/h3-10,12,14H,13H2,1-2H3,(H,27,29). The van der Waals surface area contributed by atoms with Gasteiger partial charge in [0.2, 0.25) is 5.82 Å². The minimum atomic E-state index is -0.273. The highest BCUT2D eigenvalue weighted by Crippen LogP contribution is 2.24. The molecule has 146 valence electrons. The zero-order chi connectivity index (χ0) is 20.8. The van der Waals surface area contributed by atoms with E-state index in [1.54, 1.807) is 23.5 Å². The van der Waals surface area contributed by atoms with Crippen molar-refractivity contribution in [3.63, 3.8) is 0 Å². The van der Waals surface area contributed by atoms with Crippen molar-refractivity contribution in [1.29, 1.82) is 5.26 Å². The van der Waals surface area contributed by atoms with Gasteiger partial charge < -0.3 is 0 Å². The molecule has 2 heterocycles. The molecule has 0 fully saturated rings. The lowest BCUT2D eigenvalue weighted by atomic mass is 10.0. The molecule has 0 atom stereocenters. The van der Waals surface area contributed by atoms with Crippen molar-refractivity contribution in [2.24, 2.45) is 5.92 Å². The molecule has 0 saturated carbocycles. The lowest BCUT2D eigenvalue weighted by Gasteiger charge is -2.26. The van der Waals surface area contributed by atoms with Crippen LogP contribution in [0.5, 0.6) is 0 Å². The first-order valence-corrected chi connectivity index (χ1v) is 9.79. The molecule has 3 aromatic rings. The van der Waals surface area contributed by atoms with Crippen LogP contribution in [0.4, 0.5) is 5.82 Å². The van der Waals surface area contributed by atoms with Gasteiger partial charge in [0, 0.05) is 30.7 Å². The maximum absolute atomic E-state index is 13.0. The fourth-order valence-corrected chi connectivity index (χ4v) is 3.13. The van der Waals surface area contributed by atoms with Gasteiger partial charge in [-0.05, 0) is 57.2 Å². The topological polar surface area (TPSA) is 94.8 Å². The summed E-state index contributed by atoms with van der Waals surface area (Å²) in [5, 5.41) is 10.8. The molecule has 3 rings (SSSR count). The normalized spacial score (nSPS) is 10.4. The van der Waals surface area contributed by atoms with Gasteiger partial charge in [0.1, 0.15) is 6.07 Å². The third-order valence-electron chi connectivity index (χ3n) is 4.00. The Bertz CT molecular complexity index is 1050. The van der Waals surface area contributed by atoms with E-state index < -0.39 is 0 Å². The molecule has 0 aliphatic rings. The molecule has 1 aromatic carbocycles. The fraction of sp³-hybridized carbons (Fsp3) is 0.190. The quantitative estimate of drug-likeness (QED) is 0.570. The van der Waals surface area contributed by atoms with Crippen molar-refractivity contribution in [3.05, 3.63) is 70.8 Å². The molecule has 2 aromatic heterocycles. The van der Waals surface area contributed by atoms with Crippen LogP contribution in [-0.2, 0) is 0 Å². The number of nitriles is 1. The Morgan fingerprint density at radius 3 is 2.69 bits per heavy atom. The Balaban J connectivity index is 1.89. The van der Waals surface area contributed by atoms with Gasteiger partial charge >= 0.3 is 0 Å². The molecule has 0 saturated heterocycles. The third-order valence-corrected chi connectivity index (χ3v) is 4.56. The molecule has 1 N–H and O–H groups in total. The van der Waals surface area contributed by atoms with E-state index in [0.29, 0.717) is 22.4 Å². The minimum Gasteiger partial charge on any atom is -0.267 e. The fourth-order valence-electron chi connectivity index (χ4n) is 2.72. The average molecular weight is 451 g/mol. The van der Waals surface area contributed by atoms with Gasteiger partial charge in [0.05, 0.1) is 4.47 Å². The zero-order valence-electron chi connectivity index (χ0n) is 16.0. The van der Waals surface area contributed by atoms with Crippen LogP contribution in [-0.4, -0.2) is 27.4 Å². The lowest BCUT2D eigenvalue weighted by molar-refractivity contribution is 0.0947. The molecule has 29 heavy (non-hydrogen) atoms. The molecular weight excluding hydrogens is 432 g/mol. The molecule has 0 bridgehead atoms. The Labute approximate surface area is 177 Å². The highest BCUT2D eigenvalue weighted by molar-refractivity contribution is 9.10. The second kappa shape index (κ2) is 9.26. The zero-order valence-corrected chi connectivity index (χ0v) is 17.6. The van der Waals surface area contributed by atoms with Crippen LogP contribution in [0.15, 0.2) is 59.5 Å². The summed E-state index contributed by atoms with van der Waals surface area (Å²) >= 11 is 3.41.